The predicted octanol–water partition coefficient (Wildman–Crippen LogP) is 2.56. The number of aldehydes is 1. The molecular weight excluding hydrogens is 248 g/mol. The second-order valence-electron chi connectivity index (χ2n) is 5.05. The smallest absolute Gasteiger partial charge is 0.253 e. The number of fused-ring (bicyclic) bond motifs is 1. The van der Waals surface area contributed by atoms with Crippen LogP contribution in [0, 0.1) is 6.92 Å². The van der Waals surface area contributed by atoms with Crippen molar-refractivity contribution in [1.29, 1.82) is 0 Å². The molecule has 3 heteroatoms. The fourth-order valence-corrected chi connectivity index (χ4v) is 2.56. The number of carbonyl (C=O) groups is 1. The van der Waals surface area contributed by atoms with Gasteiger partial charge in [-0.15, -0.1) is 0 Å². The average molecular weight is 265 g/mol. The number of nitrogens with zero attached hydrogens (tertiary/aromatic N) is 2. The monoisotopic (exact) mass is 265 g/mol. The van der Waals surface area contributed by atoms with E-state index in [2.05, 4.69) is 24.3 Å². The lowest BCUT2D eigenvalue weighted by Gasteiger charge is -2.10. The van der Waals surface area contributed by atoms with Crippen LogP contribution in [0.4, 0.5) is 0 Å². The molecule has 3 rings (SSSR count). The van der Waals surface area contributed by atoms with Gasteiger partial charge in [0.2, 0.25) is 0 Å². The first-order valence-electron chi connectivity index (χ1n) is 6.68. The van der Waals surface area contributed by atoms with E-state index < -0.39 is 0 Å². The summed E-state index contributed by atoms with van der Waals surface area (Å²) in [5.74, 6) is 1.05. The minimum absolute atomic E-state index is 0.277. The van der Waals surface area contributed by atoms with Gasteiger partial charge in [-0.2, -0.15) is 0 Å². The van der Waals surface area contributed by atoms with Gasteiger partial charge in [0.1, 0.15) is 12.4 Å². The van der Waals surface area contributed by atoms with Crippen molar-refractivity contribution < 1.29 is 9.36 Å². The number of aryl methyl sites for hydroxylation is 1. The van der Waals surface area contributed by atoms with Gasteiger partial charge < -0.3 is 0 Å². The van der Waals surface area contributed by atoms with Gasteiger partial charge in [0, 0.05) is 12.5 Å². The molecule has 1 heterocycles. The Kier molecular flexibility index (Phi) is 3.11. The molecule has 1 aromatic heterocycles. The number of hydrogen-bond acceptors (Lipinski definition) is 1. The first-order chi connectivity index (χ1) is 9.70. The molecule has 0 fully saturated rings. The first kappa shape index (κ1) is 12.6. The highest BCUT2D eigenvalue weighted by molar-refractivity contribution is 5.84. The van der Waals surface area contributed by atoms with Crippen LogP contribution in [0.5, 0.6) is 0 Å². The Labute approximate surface area is 118 Å². The topological polar surface area (TPSA) is 25.9 Å². The normalized spacial score (nSPS) is 12.5. The van der Waals surface area contributed by atoms with Crippen LogP contribution in [0.15, 0.2) is 54.9 Å². The molecule has 0 saturated carbocycles. The van der Waals surface area contributed by atoms with Crippen molar-refractivity contribution in [1.82, 2.24) is 4.57 Å². The molecular formula is C17H17N2O+. The fraction of sp³-hybridized carbons (Fsp3) is 0.176. The molecule has 0 spiro atoms. The molecule has 0 bridgehead atoms. The zero-order valence-corrected chi connectivity index (χ0v) is 11.7. The molecule has 100 valence electrons. The third kappa shape index (κ3) is 2.01. The SMILES string of the molecule is Cc1n(C(C=O)c2ccc3ccccc3c2)cc[n+]1C. The molecule has 0 aliphatic heterocycles. The summed E-state index contributed by atoms with van der Waals surface area (Å²) in [6.07, 6.45) is 4.91. The molecule has 2 aromatic carbocycles. The molecule has 1 atom stereocenters. The Morgan fingerprint density at radius 3 is 2.55 bits per heavy atom. The van der Waals surface area contributed by atoms with Crippen LogP contribution in [-0.4, -0.2) is 10.9 Å². The summed E-state index contributed by atoms with van der Waals surface area (Å²) in [5.41, 5.74) is 1.01. The highest BCUT2D eigenvalue weighted by atomic mass is 16.1. The van der Waals surface area contributed by atoms with Gasteiger partial charge in [-0.3, -0.25) is 4.79 Å². The molecule has 20 heavy (non-hydrogen) atoms. The Bertz CT molecular complexity index is 774. The molecule has 0 aliphatic carbocycles. The van der Waals surface area contributed by atoms with Crippen LogP contribution in [0.2, 0.25) is 0 Å². The molecule has 1 unspecified atom stereocenters. The third-order valence-corrected chi connectivity index (χ3v) is 3.88. The molecule has 0 N–H and O–H groups in total. The first-order valence-corrected chi connectivity index (χ1v) is 6.68. The van der Waals surface area contributed by atoms with Gasteiger partial charge in [0.15, 0.2) is 12.3 Å². The van der Waals surface area contributed by atoms with Crippen molar-refractivity contribution >= 4 is 17.1 Å². The van der Waals surface area contributed by atoms with E-state index in [0.29, 0.717) is 0 Å². The predicted molar refractivity (Wildman–Crippen MR) is 78.5 cm³/mol. The van der Waals surface area contributed by atoms with Crippen molar-refractivity contribution in [3.8, 4) is 0 Å². The Balaban J connectivity index is 2.11. The van der Waals surface area contributed by atoms with Crippen LogP contribution in [0.1, 0.15) is 17.4 Å². The number of carbonyl (C=O) groups excluding carboxylic acids is 1. The van der Waals surface area contributed by atoms with Crippen LogP contribution in [0.25, 0.3) is 10.8 Å². The van der Waals surface area contributed by atoms with Gasteiger partial charge in [-0.1, -0.05) is 36.4 Å². The molecule has 0 saturated heterocycles. The molecule has 0 aliphatic rings. The van der Waals surface area contributed by atoms with Gasteiger partial charge in [0.05, 0.1) is 7.05 Å². The van der Waals surface area contributed by atoms with E-state index in [4.69, 9.17) is 0 Å². The van der Waals surface area contributed by atoms with Crippen molar-refractivity contribution in [2.24, 2.45) is 7.05 Å². The van der Waals surface area contributed by atoms with E-state index in [9.17, 15) is 4.79 Å². The van der Waals surface area contributed by atoms with Crippen LogP contribution in [0.3, 0.4) is 0 Å². The van der Waals surface area contributed by atoms with E-state index in [-0.39, 0.29) is 6.04 Å². The summed E-state index contributed by atoms with van der Waals surface area (Å²) in [6, 6.07) is 14.1. The van der Waals surface area contributed by atoms with Gasteiger partial charge in [-0.25, -0.2) is 9.13 Å². The van der Waals surface area contributed by atoms with E-state index in [1.54, 1.807) is 0 Å². The molecule has 3 aromatic rings. The quantitative estimate of drug-likeness (QED) is 0.528. The Morgan fingerprint density at radius 1 is 1.15 bits per heavy atom. The minimum Gasteiger partial charge on any atom is -0.298 e. The fourth-order valence-electron chi connectivity index (χ4n) is 2.56. The summed E-state index contributed by atoms with van der Waals surface area (Å²) in [5, 5.41) is 2.35. The maximum Gasteiger partial charge on any atom is 0.253 e. The summed E-state index contributed by atoms with van der Waals surface area (Å²) < 4.78 is 4.01. The zero-order valence-electron chi connectivity index (χ0n) is 11.7. The highest BCUT2D eigenvalue weighted by Crippen LogP contribution is 2.22. The molecule has 0 radical (unpaired) electrons. The lowest BCUT2D eigenvalue weighted by atomic mass is 10.0. The second kappa shape index (κ2) is 4.93. The van der Waals surface area contributed by atoms with Crippen molar-refractivity contribution in [2.75, 3.05) is 0 Å². The Hall–Kier alpha value is -2.42. The highest BCUT2D eigenvalue weighted by Gasteiger charge is 2.21. The summed E-state index contributed by atoms with van der Waals surface area (Å²) >= 11 is 0. The van der Waals surface area contributed by atoms with E-state index >= 15 is 0 Å². The number of rotatable bonds is 3. The number of imidazole rings is 1. The lowest BCUT2D eigenvalue weighted by molar-refractivity contribution is -0.677. The van der Waals surface area contributed by atoms with Gasteiger partial charge in [0.25, 0.3) is 5.82 Å². The summed E-state index contributed by atoms with van der Waals surface area (Å²) in [4.78, 5) is 11.6. The van der Waals surface area contributed by atoms with Crippen LogP contribution in [-0.2, 0) is 11.8 Å². The van der Waals surface area contributed by atoms with Crippen LogP contribution >= 0.6 is 0 Å². The third-order valence-electron chi connectivity index (χ3n) is 3.88. The van der Waals surface area contributed by atoms with E-state index in [1.807, 2.05) is 53.7 Å². The van der Waals surface area contributed by atoms with Gasteiger partial charge >= 0.3 is 0 Å². The maximum atomic E-state index is 11.6. The van der Waals surface area contributed by atoms with E-state index in [1.165, 1.54) is 5.39 Å². The summed E-state index contributed by atoms with van der Waals surface area (Å²) in [6.45, 7) is 2.01. The van der Waals surface area contributed by atoms with Crippen molar-refractivity contribution in [3.63, 3.8) is 0 Å². The second-order valence-corrected chi connectivity index (χ2v) is 5.05. The Morgan fingerprint density at radius 2 is 1.90 bits per heavy atom. The van der Waals surface area contributed by atoms with Crippen molar-refractivity contribution in [3.05, 3.63) is 66.2 Å². The maximum absolute atomic E-state index is 11.6. The molecule has 3 nitrogen and oxygen atoms in total. The largest absolute Gasteiger partial charge is 0.298 e. The number of hydrogen-bond donors (Lipinski definition) is 0. The van der Waals surface area contributed by atoms with Crippen LogP contribution < -0.4 is 4.57 Å². The average Bonchev–Trinajstić information content (AvgIpc) is 2.80. The number of benzene rings is 2. The lowest BCUT2D eigenvalue weighted by Crippen LogP contribution is -2.30. The standard InChI is InChI=1S/C17H17N2O/c1-13-18(2)9-10-19(13)17(12-20)16-8-7-14-5-3-4-6-15(14)11-16/h3-12,17H,1-2H3/q+1. The minimum atomic E-state index is -0.277. The van der Waals surface area contributed by atoms with E-state index in [0.717, 1.165) is 23.1 Å². The summed E-state index contributed by atoms with van der Waals surface area (Å²) in [7, 11) is 1.98. The zero-order chi connectivity index (χ0) is 14.1. The molecule has 0 amide bonds. The number of aromatic nitrogens is 2. The van der Waals surface area contributed by atoms with Gasteiger partial charge in [-0.05, 0) is 16.8 Å². The van der Waals surface area contributed by atoms with Crippen molar-refractivity contribution in [2.45, 2.75) is 13.0 Å².